The first-order valence-electron chi connectivity index (χ1n) is 9.76. The Kier molecular flexibility index (Phi) is 6.76. The molecule has 1 amide bonds. The first-order chi connectivity index (χ1) is 15.2. The molecule has 2 atom stereocenters. The van der Waals surface area contributed by atoms with Gasteiger partial charge in [0.15, 0.2) is 11.9 Å². The molecule has 3 aromatic rings. The summed E-state index contributed by atoms with van der Waals surface area (Å²) in [4.78, 5) is 48.5. The van der Waals surface area contributed by atoms with Crippen LogP contribution in [0.3, 0.4) is 0 Å². The number of aliphatic carboxylic acids is 1. The lowest BCUT2D eigenvalue weighted by Gasteiger charge is -2.23. The predicted molar refractivity (Wildman–Crippen MR) is 111 cm³/mol. The third-order valence-electron chi connectivity index (χ3n) is 4.88. The summed E-state index contributed by atoms with van der Waals surface area (Å²) in [5.74, 6) is -3.91. The van der Waals surface area contributed by atoms with Crippen LogP contribution < -0.4 is 5.32 Å². The molecule has 0 aliphatic carbocycles. The van der Waals surface area contributed by atoms with Crippen LogP contribution in [0.5, 0.6) is 0 Å². The molecule has 2 aromatic heterocycles. The second-order valence-electron chi connectivity index (χ2n) is 7.45. The van der Waals surface area contributed by atoms with Crippen LogP contribution >= 0.6 is 0 Å². The Balaban J connectivity index is 1.91. The molecule has 0 bridgehead atoms. The molecular weight excluding hydrogens is 423 g/mol. The number of ketones is 1. The number of halogens is 1. The molecule has 0 aliphatic rings. The van der Waals surface area contributed by atoms with E-state index >= 15 is 0 Å². The van der Waals surface area contributed by atoms with Gasteiger partial charge in [-0.25, -0.2) is 13.8 Å². The van der Waals surface area contributed by atoms with E-state index in [4.69, 9.17) is 9.84 Å². The van der Waals surface area contributed by atoms with Gasteiger partial charge >= 0.3 is 12.1 Å². The monoisotopic (exact) mass is 444 g/mol. The number of nitrogens with zero attached hydrogens (tertiary/aromatic N) is 3. The molecule has 2 unspecified atom stereocenters. The Bertz CT molecular complexity index is 1140. The summed E-state index contributed by atoms with van der Waals surface area (Å²) in [5.41, 5.74) is 0.937. The molecule has 0 fully saturated rings. The first-order valence-corrected chi connectivity index (χ1v) is 9.76. The SMILES string of the molecule is CC(C)C(OC(=O)n1c2ccccc2c2cnncc21)C(=O)NC(CC(=O)O)C(=O)CF. The van der Waals surface area contributed by atoms with Crippen molar-refractivity contribution in [3.63, 3.8) is 0 Å². The second kappa shape index (κ2) is 9.50. The summed E-state index contributed by atoms with van der Waals surface area (Å²) < 4.78 is 19.5. The number of fused-ring (bicyclic) bond motifs is 3. The number of benzene rings is 1. The van der Waals surface area contributed by atoms with Crippen molar-refractivity contribution in [3.8, 4) is 0 Å². The van der Waals surface area contributed by atoms with E-state index in [0.717, 1.165) is 5.39 Å². The zero-order chi connectivity index (χ0) is 23.4. The summed E-state index contributed by atoms with van der Waals surface area (Å²) in [6.45, 7) is 1.78. The highest BCUT2D eigenvalue weighted by Gasteiger charge is 2.32. The molecule has 2 heterocycles. The Morgan fingerprint density at radius 3 is 2.44 bits per heavy atom. The van der Waals surface area contributed by atoms with Gasteiger partial charge in [0.2, 0.25) is 0 Å². The van der Waals surface area contributed by atoms with Crippen molar-refractivity contribution in [1.82, 2.24) is 20.1 Å². The van der Waals surface area contributed by atoms with Crippen molar-refractivity contribution < 1.29 is 33.4 Å². The second-order valence-corrected chi connectivity index (χ2v) is 7.45. The van der Waals surface area contributed by atoms with Crippen LogP contribution in [0.25, 0.3) is 21.8 Å². The Hall–Kier alpha value is -3.89. The van der Waals surface area contributed by atoms with Gasteiger partial charge in [0.05, 0.1) is 29.8 Å². The zero-order valence-corrected chi connectivity index (χ0v) is 17.3. The minimum atomic E-state index is -1.58. The molecule has 2 N–H and O–H groups in total. The number of amides is 1. The van der Waals surface area contributed by atoms with Gasteiger partial charge in [-0.15, -0.1) is 0 Å². The summed E-state index contributed by atoms with van der Waals surface area (Å²) in [6, 6.07) is 5.46. The van der Waals surface area contributed by atoms with Crippen molar-refractivity contribution >= 4 is 45.6 Å². The highest BCUT2D eigenvalue weighted by atomic mass is 19.1. The molecule has 1 aromatic carbocycles. The number of carbonyl (C=O) groups is 4. The van der Waals surface area contributed by atoms with Crippen molar-refractivity contribution in [2.24, 2.45) is 5.92 Å². The normalized spacial score (nSPS) is 13.1. The fraction of sp³-hybridized carbons (Fsp3) is 0.333. The number of Topliss-reactive ketones (excluding diaryl/α,β-unsaturated/α-hetero) is 1. The maximum Gasteiger partial charge on any atom is 0.419 e. The number of aromatic nitrogens is 3. The number of ether oxygens (including phenoxy) is 1. The number of nitrogens with one attached hydrogen (secondary N) is 1. The molecule has 168 valence electrons. The standard InChI is InChI=1S/C21H21FN4O6/c1-11(2)19(20(30)25-14(7-18(28)29)17(27)8-22)32-21(31)26-15-6-4-3-5-12(15)13-9-23-24-10-16(13)26/h3-6,9-11,14,19H,7-8H2,1-2H3,(H,25,30)(H,28,29). The molecule has 0 aliphatic heterocycles. The van der Waals surface area contributed by atoms with Crippen LogP contribution in [-0.4, -0.2) is 62.4 Å². The predicted octanol–water partition coefficient (Wildman–Crippen LogP) is 2.09. The smallest absolute Gasteiger partial charge is 0.419 e. The molecule has 0 saturated heterocycles. The summed E-state index contributed by atoms with van der Waals surface area (Å²) >= 11 is 0. The number of rotatable bonds is 8. The minimum Gasteiger partial charge on any atom is -0.481 e. The number of carbonyl (C=O) groups excluding carboxylic acids is 3. The van der Waals surface area contributed by atoms with Crippen molar-refractivity contribution in [3.05, 3.63) is 36.7 Å². The Morgan fingerprint density at radius 2 is 1.78 bits per heavy atom. The molecule has 32 heavy (non-hydrogen) atoms. The van der Waals surface area contributed by atoms with Crippen LogP contribution in [0.2, 0.25) is 0 Å². The van der Waals surface area contributed by atoms with Crippen molar-refractivity contribution in [1.29, 1.82) is 0 Å². The lowest BCUT2D eigenvalue weighted by Crippen LogP contribution is -2.49. The summed E-state index contributed by atoms with van der Waals surface area (Å²) in [6.07, 6.45) is -0.127. The first kappa shape index (κ1) is 22.8. The largest absolute Gasteiger partial charge is 0.481 e. The highest BCUT2D eigenvalue weighted by Crippen LogP contribution is 2.28. The maximum atomic E-state index is 13.1. The van der Waals surface area contributed by atoms with Gasteiger partial charge in [-0.05, 0) is 12.0 Å². The van der Waals surface area contributed by atoms with E-state index in [1.165, 1.54) is 17.0 Å². The van der Waals surface area contributed by atoms with Gasteiger partial charge < -0.3 is 15.2 Å². The molecule has 0 spiro atoms. The molecule has 3 rings (SSSR count). The number of para-hydroxylation sites is 1. The summed E-state index contributed by atoms with van der Waals surface area (Å²) in [7, 11) is 0. The number of carboxylic acid groups (broad SMARTS) is 1. The van der Waals surface area contributed by atoms with Gasteiger partial charge in [0.1, 0.15) is 12.7 Å². The summed E-state index contributed by atoms with van der Waals surface area (Å²) in [5, 5.41) is 20.2. The van der Waals surface area contributed by atoms with E-state index in [9.17, 15) is 23.6 Å². The van der Waals surface area contributed by atoms with Gasteiger partial charge in [-0.2, -0.15) is 10.2 Å². The average Bonchev–Trinajstić information content (AvgIpc) is 3.10. The Morgan fingerprint density at radius 1 is 1.09 bits per heavy atom. The van der Waals surface area contributed by atoms with Gasteiger partial charge in [-0.3, -0.25) is 14.4 Å². The molecule has 0 saturated carbocycles. The van der Waals surface area contributed by atoms with Crippen LogP contribution in [0.1, 0.15) is 20.3 Å². The number of hydrogen-bond donors (Lipinski definition) is 2. The van der Waals surface area contributed by atoms with Crippen LogP contribution in [0, 0.1) is 5.92 Å². The lowest BCUT2D eigenvalue weighted by molar-refractivity contribution is -0.141. The fourth-order valence-electron chi connectivity index (χ4n) is 3.34. The van der Waals surface area contributed by atoms with Crippen LogP contribution in [0.4, 0.5) is 9.18 Å². The number of hydrogen-bond acceptors (Lipinski definition) is 7. The maximum absolute atomic E-state index is 13.1. The van der Waals surface area contributed by atoms with E-state index in [1.54, 1.807) is 38.1 Å². The fourth-order valence-corrected chi connectivity index (χ4v) is 3.34. The van der Waals surface area contributed by atoms with Crippen molar-refractivity contribution in [2.45, 2.75) is 32.4 Å². The molecule has 11 heteroatoms. The third kappa shape index (κ3) is 4.56. The van der Waals surface area contributed by atoms with E-state index in [2.05, 4.69) is 15.5 Å². The topological polar surface area (TPSA) is 140 Å². The van der Waals surface area contributed by atoms with Gasteiger partial charge in [0, 0.05) is 10.8 Å². The minimum absolute atomic E-state index is 0.422. The molecule has 10 nitrogen and oxygen atoms in total. The van der Waals surface area contributed by atoms with Crippen LogP contribution in [0.15, 0.2) is 36.7 Å². The zero-order valence-electron chi connectivity index (χ0n) is 17.3. The van der Waals surface area contributed by atoms with E-state index in [0.29, 0.717) is 16.4 Å². The molecular formula is C21H21FN4O6. The number of alkyl halides is 1. The Labute approximate surface area is 181 Å². The lowest BCUT2D eigenvalue weighted by atomic mass is 10.0. The van der Waals surface area contributed by atoms with E-state index < -0.39 is 54.9 Å². The van der Waals surface area contributed by atoms with E-state index in [1.807, 2.05) is 0 Å². The quantitative estimate of drug-likeness (QED) is 0.538. The van der Waals surface area contributed by atoms with E-state index in [-0.39, 0.29) is 0 Å². The highest BCUT2D eigenvalue weighted by molar-refractivity contribution is 6.12. The number of carboxylic acids is 1. The van der Waals surface area contributed by atoms with Gasteiger partial charge in [0.25, 0.3) is 5.91 Å². The van der Waals surface area contributed by atoms with Crippen molar-refractivity contribution in [2.75, 3.05) is 6.67 Å². The van der Waals surface area contributed by atoms with Gasteiger partial charge in [-0.1, -0.05) is 32.0 Å². The molecule has 0 radical (unpaired) electrons. The average molecular weight is 444 g/mol. The van der Waals surface area contributed by atoms with Crippen LogP contribution in [-0.2, 0) is 19.1 Å². The third-order valence-corrected chi connectivity index (χ3v) is 4.88.